The van der Waals surface area contributed by atoms with E-state index in [1.54, 1.807) is 31.2 Å². The second-order valence-corrected chi connectivity index (χ2v) is 2.52. The van der Waals surface area contributed by atoms with Crippen molar-refractivity contribution in [2.75, 3.05) is 0 Å². The summed E-state index contributed by atoms with van der Waals surface area (Å²) in [5.74, 6) is 0.112. The quantitative estimate of drug-likeness (QED) is 0.532. The van der Waals surface area contributed by atoms with Crippen LogP contribution in [0, 0.1) is 0 Å². The van der Waals surface area contributed by atoms with Gasteiger partial charge in [-0.25, -0.2) is 4.79 Å². The molecule has 0 spiro atoms. The summed E-state index contributed by atoms with van der Waals surface area (Å²) >= 11 is 0. The van der Waals surface area contributed by atoms with Gasteiger partial charge in [-0.3, -0.25) is 0 Å². The molecule has 12 heavy (non-hydrogen) atoms. The molecule has 1 atom stereocenters. The zero-order valence-electron chi connectivity index (χ0n) is 6.86. The average molecular weight is 171 g/mol. The van der Waals surface area contributed by atoms with Gasteiger partial charge in [-0.1, -0.05) is 18.2 Å². The Balaban J connectivity index is 2.59. The largest absolute Gasteiger partial charge is 0.425 e. The van der Waals surface area contributed by atoms with Gasteiger partial charge in [0.15, 0.2) is 0 Å². The molecule has 0 amide bonds. The fraction of sp³-hybridized carbons (Fsp3) is 0.222. The number of esters is 1. The maximum absolute atomic E-state index is 11.0. The van der Waals surface area contributed by atoms with Crippen LogP contribution in [0.4, 0.5) is 0 Å². The number of carbonyl (C=O) groups is 1. The highest BCUT2D eigenvalue weighted by Crippen LogP contribution is 2.08. The van der Waals surface area contributed by atoms with Crippen LogP contribution in [0.25, 0.3) is 0 Å². The number of ether oxygens (including phenoxy) is 1. The first kappa shape index (κ1) is 8.74. The van der Waals surface area contributed by atoms with Crippen LogP contribution in [0.1, 0.15) is 6.92 Å². The maximum atomic E-state index is 11.0. The lowest BCUT2D eigenvalue weighted by atomic mass is 10.4. The highest BCUT2D eigenvalue weighted by molar-refractivity contribution is 5.77. The van der Waals surface area contributed by atoms with Gasteiger partial charge in [0, 0.05) is 0 Å². The van der Waals surface area contributed by atoms with Crippen LogP contribution in [0.5, 0.6) is 5.75 Å². The molecule has 0 radical (unpaired) electrons. The highest BCUT2D eigenvalue weighted by atomic mass is 16.6. The maximum Gasteiger partial charge on any atom is 0.328 e. The number of nitrogens with two attached hydrogens (primary N) is 1. The fourth-order valence-corrected chi connectivity index (χ4v) is 0.698. The summed E-state index contributed by atoms with van der Waals surface area (Å²) in [5.41, 5.74) is 5.31. The molecule has 0 unspecified atom stereocenters. The van der Waals surface area contributed by atoms with Crippen molar-refractivity contribution in [3.05, 3.63) is 30.3 Å². The molecule has 0 fully saturated rings. The van der Waals surface area contributed by atoms with Crippen LogP contribution < -0.4 is 10.5 Å². The number of benzene rings is 1. The Hall–Kier alpha value is -1.35. The minimum absolute atomic E-state index is 0.416. The molecule has 0 aliphatic rings. The summed E-state index contributed by atoms with van der Waals surface area (Å²) < 4.78 is 4.91. The fourth-order valence-electron chi connectivity index (χ4n) is 0.698. The Labute approximate surface area is 71.1 Å². The van der Waals surface area contributed by atoms with E-state index in [0.29, 0.717) is 5.75 Å². The smallest absolute Gasteiger partial charge is 0.328 e. The molecule has 1 aromatic carbocycles. The lowest BCUT2D eigenvalue weighted by Crippen LogP contribution is -2.30. The summed E-state index contributed by atoms with van der Waals surface area (Å²) in [7, 11) is 0. The Morgan fingerprint density at radius 2 is 2.00 bits per heavy atom. The van der Waals surface area contributed by atoms with E-state index in [9.17, 15) is 4.79 Å². The zero-order valence-corrected chi connectivity index (χ0v) is 6.86. The van der Waals surface area contributed by atoms with E-state index >= 15 is 0 Å². The van der Waals surface area contributed by atoms with Crippen LogP contribution in [0.2, 0.25) is 0 Å². The van der Waals surface area contributed by atoms with Gasteiger partial charge in [0.2, 0.25) is 0 Å². The van der Waals surface area contributed by atoms with E-state index in [4.69, 9.17) is 10.5 Å². The van der Waals surface area contributed by atoms with E-state index in [-0.39, 0.29) is 0 Å². The number of carbonyl (C=O) groups excluding carboxylic acids is 1. The van der Waals surface area contributed by atoms with Crippen molar-refractivity contribution in [1.82, 2.24) is 0 Å². The molecule has 0 heterocycles. The van der Waals surface area contributed by atoms with Crippen LogP contribution in [0.15, 0.2) is 30.3 Å². The van der Waals surface area contributed by atoms with Gasteiger partial charge in [-0.05, 0) is 19.1 Å². The van der Waals surface area contributed by atoms with E-state index in [1.807, 2.05) is 6.07 Å². The lowest BCUT2D eigenvalue weighted by Gasteiger charge is -2.05. The number of rotatable bonds is 2. The van der Waals surface area contributed by atoms with Crippen LogP contribution in [-0.4, -0.2) is 12.0 Å². The van der Waals surface area contributed by atoms with Crippen molar-refractivity contribution in [3.8, 4) is 5.75 Å². The second kappa shape index (κ2) is 3.88. The van der Waals surface area contributed by atoms with Crippen molar-refractivity contribution in [2.45, 2.75) is 13.0 Å². The van der Waals surface area contributed by atoms with Gasteiger partial charge in [-0.15, -0.1) is 0 Å². The molecule has 3 heteroatoms. The van der Waals surface area contributed by atoms with Crippen molar-refractivity contribution >= 4 is 5.97 Å². The molecule has 0 saturated heterocycles. The summed E-state index contributed by atoms with van der Waals surface area (Å²) in [6.07, 6.45) is 0. The summed E-state index contributed by atoms with van der Waals surface area (Å²) in [5, 5.41) is 0. The van der Waals surface area contributed by atoms with Crippen molar-refractivity contribution in [3.63, 3.8) is 0 Å². The topological polar surface area (TPSA) is 52.3 Å². The standard InChI is InChI=1S/C9H11NO2/c1-7(10)9(11)12-8-5-3-2-4-6-8/h2-7H,10H2,1H3/t7-/m0/s1/i2+1,3+1,4+1,5+1,6+1,8+1. The Kier molecular flexibility index (Phi) is 2.82. The van der Waals surface area contributed by atoms with Crippen LogP contribution >= 0.6 is 0 Å². The third-order valence-electron chi connectivity index (χ3n) is 1.33. The van der Waals surface area contributed by atoms with Gasteiger partial charge in [0.1, 0.15) is 11.8 Å². The molecule has 0 saturated carbocycles. The summed E-state index contributed by atoms with van der Waals surface area (Å²) in [4.78, 5) is 11.0. The first-order valence-electron chi connectivity index (χ1n) is 3.72. The minimum atomic E-state index is -0.579. The van der Waals surface area contributed by atoms with Crippen molar-refractivity contribution in [2.24, 2.45) is 5.73 Å². The highest BCUT2D eigenvalue weighted by Gasteiger charge is 2.08. The Bertz CT molecular complexity index is 256. The van der Waals surface area contributed by atoms with Crippen molar-refractivity contribution in [1.29, 1.82) is 0 Å². The molecule has 0 aliphatic heterocycles. The molecule has 1 rings (SSSR count). The number of para-hydroxylation sites is 1. The molecule has 0 aromatic heterocycles. The molecular weight excluding hydrogens is 160 g/mol. The normalized spacial score (nSPS) is 12.2. The summed E-state index contributed by atoms with van der Waals surface area (Å²) in [6, 6.07) is 8.28. The summed E-state index contributed by atoms with van der Waals surface area (Å²) in [6.45, 7) is 1.59. The van der Waals surface area contributed by atoms with E-state index in [0.717, 1.165) is 0 Å². The Morgan fingerprint density at radius 3 is 2.50 bits per heavy atom. The van der Waals surface area contributed by atoms with E-state index in [2.05, 4.69) is 0 Å². The minimum Gasteiger partial charge on any atom is -0.425 e. The second-order valence-electron chi connectivity index (χ2n) is 2.52. The molecule has 0 aliphatic carbocycles. The third-order valence-corrected chi connectivity index (χ3v) is 1.33. The molecule has 64 valence electrons. The molecule has 1 aromatic rings. The van der Waals surface area contributed by atoms with Crippen molar-refractivity contribution < 1.29 is 9.53 Å². The molecule has 2 N–H and O–H groups in total. The predicted molar refractivity (Wildman–Crippen MR) is 45.7 cm³/mol. The lowest BCUT2D eigenvalue weighted by molar-refractivity contribution is -0.135. The molecular formula is C9H11NO2. The number of hydrogen-bond acceptors (Lipinski definition) is 3. The van der Waals surface area contributed by atoms with Gasteiger partial charge in [0.05, 0.1) is 0 Å². The van der Waals surface area contributed by atoms with E-state index in [1.165, 1.54) is 0 Å². The molecule has 3 nitrogen and oxygen atoms in total. The predicted octanol–water partition coefficient (Wildman–Crippen LogP) is 0.939. The number of hydrogen-bond donors (Lipinski definition) is 1. The average Bonchev–Trinajstić information content (AvgIpc) is 2.06. The monoisotopic (exact) mass is 171 g/mol. The van der Waals surface area contributed by atoms with E-state index < -0.39 is 12.0 Å². The first-order chi connectivity index (χ1) is 5.70. The first-order valence-corrected chi connectivity index (χ1v) is 3.72. The Morgan fingerprint density at radius 1 is 1.42 bits per heavy atom. The molecule has 0 bridgehead atoms. The van der Waals surface area contributed by atoms with Crippen LogP contribution in [0.3, 0.4) is 0 Å². The third kappa shape index (κ3) is 2.36. The SMILES string of the molecule is C[C@H](N)C(=O)O[13c]1[13cH][13cH][13cH][13cH][13cH]1. The van der Waals surface area contributed by atoms with Crippen LogP contribution in [-0.2, 0) is 4.79 Å². The van der Waals surface area contributed by atoms with Gasteiger partial charge in [0.25, 0.3) is 0 Å². The van der Waals surface area contributed by atoms with Gasteiger partial charge in [-0.2, -0.15) is 0 Å². The van der Waals surface area contributed by atoms with Gasteiger partial charge >= 0.3 is 5.97 Å². The zero-order chi connectivity index (χ0) is 8.97. The van der Waals surface area contributed by atoms with Gasteiger partial charge < -0.3 is 10.5 Å².